The third-order valence-electron chi connectivity index (χ3n) is 12.3. The number of allylic oxidation sites excluding steroid dienone is 4. The summed E-state index contributed by atoms with van der Waals surface area (Å²) in [6, 6.07) is 2.17. The minimum Gasteiger partial charge on any atom is -0.356 e. The summed E-state index contributed by atoms with van der Waals surface area (Å²) in [6.45, 7) is 20.1. The molecule has 39 heavy (non-hydrogen) atoms. The molecule has 1 amide bonds. The Labute approximate surface area is 236 Å². The summed E-state index contributed by atoms with van der Waals surface area (Å²) in [5.74, 6) is 0.506. The minimum absolute atomic E-state index is 0.0337. The summed E-state index contributed by atoms with van der Waals surface area (Å²) < 4.78 is 0. The quantitative estimate of drug-likeness (QED) is 0.407. The molecule has 0 aromatic carbocycles. The first-order chi connectivity index (χ1) is 17.9. The molecule has 4 aliphatic carbocycles. The molecule has 0 spiro atoms. The fourth-order valence-electron chi connectivity index (χ4n) is 9.58. The number of ketones is 2. The third-order valence-corrected chi connectivity index (χ3v) is 12.3. The molecule has 1 unspecified atom stereocenters. The van der Waals surface area contributed by atoms with E-state index in [1.54, 1.807) is 0 Å². The number of nitrogens with zero attached hydrogens (tertiary/aromatic N) is 1. The lowest BCUT2D eigenvalue weighted by molar-refractivity contribution is -0.141. The van der Waals surface area contributed by atoms with Crippen LogP contribution in [0.1, 0.15) is 114 Å². The number of nitriles is 1. The second-order valence-corrected chi connectivity index (χ2v) is 15.5. The number of amides is 1. The zero-order valence-electron chi connectivity index (χ0n) is 25.8. The van der Waals surface area contributed by atoms with E-state index >= 15 is 0 Å². The van der Waals surface area contributed by atoms with Crippen molar-refractivity contribution in [2.45, 2.75) is 114 Å². The smallest absolute Gasteiger partial charge is 0.226 e. The van der Waals surface area contributed by atoms with Gasteiger partial charge in [0.1, 0.15) is 6.07 Å². The van der Waals surface area contributed by atoms with Crippen LogP contribution in [0.3, 0.4) is 0 Å². The standard InChI is InChI=1S/C34H50N2O3/c1-10-36-28(39)34(15-13-29(3,4)18-22(34)2)16-14-31(7)20-24(37)17-26-32(8)19-23(21-35)27(38)30(5,6)25(32)11-12-33(26,31)9/h17,19,22,25H,10-16,18,20H2,1-9H3,(H,36,39)/t22?,25-,31+,32-,33+,34-/m0/s1. The Kier molecular flexibility index (Phi) is 7.19. The van der Waals surface area contributed by atoms with Crippen molar-refractivity contribution in [1.82, 2.24) is 5.32 Å². The maximum absolute atomic E-state index is 13.7. The van der Waals surface area contributed by atoms with Gasteiger partial charge in [-0.2, -0.15) is 5.26 Å². The second-order valence-electron chi connectivity index (χ2n) is 15.5. The van der Waals surface area contributed by atoms with E-state index in [2.05, 4.69) is 52.9 Å². The molecule has 0 heterocycles. The van der Waals surface area contributed by atoms with Crippen molar-refractivity contribution >= 4 is 17.5 Å². The van der Waals surface area contributed by atoms with Crippen LogP contribution in [-0.2, 0) is 14.4 Å². The molecule has 0 aromatic rings. The number of carbonyl (C=O) groups is 3. The fourth-order valence-corrected chi connectivity index (χ4v) is 9.58. The van der Waals surface area contributed by atoms with Crippen LogP contribution < -0.4 is 5.32 Å². The Hall–Kier alpha value is -2.22. The highest BCUT2D eigenvalue weighted by molar-refractivity contribution is 6.04. The van der Waals surface area contributed by atoms with Crippen LogP contribution in [-0.4, -0.2) is 24.0 Å². The Balaban J connectivity index is 1.75. The Morgan fingerprint density at radius 3 is 2.31 bits per heavy atom. The first-order valence-electron chi connectivity index (χ1n) is 15.1. The topological polar surface area (TPSA) is 87.0 Å². The van der Waals surface area contributed by atoms with Gasteiger partial charge in [0.2, 0.25) is 5.91 Å². The average Bonchev–Trinajstić information content (AvgIpc) is 2.82. The molecule has 0 bridgehead atoms. The number of hydrogen-bond donors (Lipinski definition) is 1. The molecule has 214 valence electrons. The number of nitrogens with one attached hydrogen (secondary N) is 1. The molecular weight excluding hydrogens is 484 g/mol. The monoisotopic (exact) mass is 534 g/mol. The largest absolute Gasteiger partial charge is 0.356 e. The van der Waals surface area contributed by atoms with Gasteiger partial charge in [-0.3, -0.25) is 14.4 Å². The van der Waals surface area contributed by atoms with E-state index in [9.17, 15) is 19.6 Å². The van der Waals surface area contributed by atoms with Crippen molar-refractivity contribution in [3.63, 3.8) is 0 Å². The van der Waals surface area contributed by atoms with Gasteiger partial charge in [-0.15, -0.1) is 0 Å². The number of Topliss-reactive ketones (excluding diaryl/α,β-unsaturated/α-hetero) is 1. The van der Waals surface area contributed by atoms with Gasteiger partial charge in [0.05, 0.1) is 11.0 Å². The lowest BCUT2D eigenvalue weighted by atomic mass is 9.40. The molecule has 5 heteroatoms. The van der Waals surface area contributed by atoms with Gasteiger partial charge in [0, 0.05) is 23.8 Å². The highest BCUT2D eigenvalue weighted by Gasteiger charge is 2.63. The van der Waals surface area contributed by atoms with Crippen LogP contribution >= 0.6 is 0 Å². The van der Waals surface area contributed by atoms with Gasteiger partial charge in [-0.1, -0.05) is 67.0 Å². The molecule has 2 saturated carbocycles. The van der Waals surface area contributed by atoms with Gasteiger partial charge in [0.15, 0.2) is 11.6 Å². The van der Waals surface area contributed by atoms with E-state index in [1.807, 2.05) is 32.9 Å². The van der Waals surface area contributed by atoms with E-state index in [1.165, 1.54) is 0 Å². The zero-order chi connectivity index (χ0) is 29.2. The molecule has 4 rings (SSSR count). The van der Waals surface area contributed by atoms with E-state index in [0.29, 0.717) is 13.0 Å². The normalized spacial score (nSPS) is 40.9. The van der Waals surface area contributed by atoms with E-state index in [0.717, 1.165) is 50.5 Å². The molecular formula is C34H50N2O3. The number of rotatable bonds is 5. The Morgan fingerprint density at radius 1 is 1.05 bits per heavy atom. The number of carbonyl (C=O) groups excluding carboxylic acids is 3. The molecule has 4 aliphatic rings. The van der Waals surface area contributed by atoms with Crippen molar-refractivity contribution in [3.8, 4) is 6.07 Å². The third kappa shape index (κ3) is 4.36. The molecule has 6 atom stereocenters. The zero-order valence-corrected chi connectivity index (χ0v) is 25.8. The highest BCUT2D eigenvalue weighted by Crippen LogP contribution is 2.69. The van der Waals surface area contributed by atoms with Gasteiger partial charge >= 0.3 is 0 Å². The highest BCUT2D eigenvalue weighted by atomic mass is 16.2. The van der Waals surface area contributed by atoms with Crippen molar-refractivity contribution < 1.29 is 14.4 Å². The molecule has 5 nitrogen and oxygen atoms in total. The van der Waals surface area contributed by atoms with Gasteiger partial charge < -0.3 is 5.32 Å². The summed E-state index contributed by atoms with van der Waals surface area (Å²) in [5.41, 5.74) is -0.679. The van der Waals surface area contributed by atoms with Crippen LogP contribution in [0.15, 0.2) is 23.3 Å². The lowest BCUT2D eigenvalue weighted by Crippen LogP contribution is -2.58. The SMILES string of the molecule is CCNC(=O)[C@]1(CC[C@]2(C)CC(=O)C=C3[C@@]4(C)C=C(C#N)C(=O)C(C)(C)[C@@H]4CC[C@]32C)CCC(C)(C)CC1C. The van der Waals surface area contributed by atoms with Crippen molar-refractivity contribution in [3.05, 3.63) is 23.3 Å². The van der Waals surface area contributed by atoms with Gasteiger partial charge in [-0.05, 0) is 86.0 Å². The van der Waals surface area contributed by atoms with Crippen molar-refractivity contribution in [2.75, 3.05) is 6.54 Å². The molecule has 0 aliphatic heterocycles. The molecule has 0 aromatic heterocycles. The molecule has 0 radical (unpaired) electrons. The van der Waals surface area contributed by atoms with Crippen molar-refractivity contribution in [1.29, 1.82) is 5.26 Å². The maximum atomic E-state index is 13.7. The van der Waals surface area contributed by atoms with Crippen LogP contribution in [0.5, 0.6) is 0 Å². The summed E-state index contributed by atoms with van der Waals surface area (Å²) in [5, 5.41) is 13.0. The fraction of sp³-hybridized carbons (Fsp3) is 0.765. The van der Waals surface area contributed by atoms with Crippen LogP contribution in [0.25, 0.3) is 0 Å². The number of hydrogen-bond acceptors (Lipinski definition) is 4. The van der Waals surface area contributed by atoms with Gasteiger partial charge in [-0.25, -0.2) is 0 Å². The molecule has 1 N–H and O–H groups in total. The minimum atomic E-state index is -0.666. The second kappa shape index (κ2) is 9.42. The van der Waals surface area contributed by atoms with Gasteiger partial charge in [0.25, 0.3) is 0 Å². The predicted octanol–water partition coefficient (Wildman–Crippen LogP) is 7.12. The van der Waals surface area contributed by atoms with Crippen LogP contribution in [0.2, 0.25) is 0 Å². The average molecular weight is 535 g/mol. The van der Waals surface area contributed by atoms with E-state index in [4.69, 9.17) is 0 Å². The molecule has 2 fully saturated rings. The number of fused-ring (bicyclic) bond motifs is 3. The Morgan fingerprint density at radius 2 is 1.72 bits per heavy atom. The summed E-state index contributed by atoms with van der Waals surface area (Å²) >= 11 is 0. The van der Waals surface area contributed by atoms with Crippen molar-refractivity contribution in [2.24, 2.45) is 44.3 Å². The molecule has 0 saturated heterocycles. The van der Waals surface area contributed by atoms with Crippen LogP contribution in [0.4, 0.5) is 0 Å². The summed E-state index contributed by atoms with van der Waals surface area (Å²) in [7, 11) is 0. The van der Waals surface area contributed by atoms with E-state index in [-0.39, 0.29) is 51.1 Å². The Bertz CT molecular complexity index is 1190. The summed E-state index contributed by atoms with van der Waals surface area (Å²) in [6.07, 6.45) is 10.5. The van der Waals surface area contributed by atoms with Crippen LogP contribution in [0, 0.1) is 55.7 Å². The lowest BCUT2D eigenvalue weighted by Gasteiger charge is -2.63. The maximum Gasteiger partial charge on any atom is 0.226 e. The summed E-state index contributed by atoms with van der Waals surface area (Å²) in [4.78, 5) is 40.4. The van der Waals surface area contributed by atoms with E-state index < -0.39 is 16.2 Å². The first-order valence-corrected chi connectivity index (χ1v) is 15.1. The first kappa shape index (κ1) is 29.8. The predicted molar refractivity (Wildman–Crippen MR) is 154 cm³/mol.